The molecule has 1 aromatic carbocycles. The fraction of sp³-hybridized carbons (Fsp3) is 0.333. The van der Waals surface area contributed by atoms with Gasteiger partial charge in [-0.15, -0.1) is 0 Å². The summed E-state index contributed by atoms with van der Waals surface area (Å²) >= 11 is 0. The number of hydrogen-bond acceptors (Lipinski definition) is 6. The summed E-state index contributed by atoms with van der Waals surface area (Å²) in [5, 5.41) is 3.16. The molecule has 6 nitrogen and oxygen atoms in total. The van der Waals surface area contributed by atoms with Gasteiger partial charge in [0.05, 0.1) is 24.1 Å². The van der Waals surface area contributed by atoms with Crippen LogP contribution in [0.2, 0.25) is 0 Å². The highest BCUT2D eigenvalue weighted by Gasteiger charge is 2.23. The first kappa shape index (κ1) is 15.0. The number of anilines is 3. The van der Waals surface area contributed by atoms with Crippen molar-refractivity contribution in [2.75, 3.05) is 23.3 Å². The molecule has 1 fully saturated rings. The fourth-order valence-corrected chi connectivity index (χ4v) is 3.06. The van der Waals surface area contributed by atoms with Gasteiger partial charge in [-0.3, -0.25) is 0 Å². The number of rotatable bonds is 3. The van der Waals surface area contributed by atoms with Gasteiger partial charge in [0.2, 0.25) is 0 Å². The molecule has 1 N–H and O–H groups in total. The van der Waals surface area contributed by atoms with Gasteiger partial charge in [0.25, 0.3) is 6.01 Å². The minimum Gasteiger partial charge on any atom is -0.423 e. The van der Waals surface area contributed by atoms with Crippen LogP contribution in [0.5, 0.6) is 0 Å². The van der Waals surface area contributed by atoms with Crippen molar-refractivity contribution in [3.05, 3.63) is 42.6 Å². The largest absolute Gasteiger partial charge is 0.423 e. The molecule has 1 saturated heterocycles. The van der Waals surface area contributed by atoms with Crippen molar-refractivity contribution in [1.82, 2.24) is 9.97 Å². The first-order chi connectivity index (χ1) is 11.7. The zero-order chi connectivity index (χ0) is 16.5. The molecule has 3 heterocycles. The summed E-state index contributed by atoms with van der Waals surface area (Å²) in [7, 11) is 0. The van der Waals surface area contributed by atoms with Gasteiger partial charge in [-0.1, -0.05) is 12.1 Å². The number of pyridine rings is 1. The summed E-state index contributed by atoms with van der Waals surface area (Å²) < 4.78 is 11.4. The molecule has 2 aromatic heterocycles. The van der Waals surface area contributed by atoms with Crippen molar-refractivity contribution in [2.24, 2.45) is 0 Å². The number of morpholine rings is 1. The smallest absolute Gasteiger partial charge is 0.300 e. The first-order valence-corrected chi connectivity index (χ1v) is 8.16. The van der Waals surface area contributed by atoms with E-state index >= 15 is 0 Å². The highest BCUT2D eigenvalue weighted by molar-refractivity contribution is 5.75. The average Bonchev–Trinajstić information content (AvgIpc) is 2.97. The van der Waals surface area contributed by atoms with Crippen LogP contribution in [0.4, 0.5) is 17.5 Å². The fourth-order valence-electron chi connectivity index (χ4n) is 3.06. The van der Waals surface area contributed by atoms with Crippen molar-refractivity contribution >= 4 is 28.6 Å². The molecule has 0 unspecified atom stereocenters. The van der Waals surface area contributed by atoms with Crippen LogP contribution in [0.1, 0.15) is 13.8 Å². The third-order valence-electron chi connectivity index (χ3n) is 4.04. The number of ether oxygens (including phenoxy) is 1. The van der Waals surface area contributed by atoms with E-state index in [-0.39, 0.29) is 12.2 Å². The van der Waals surface area contributed by atoms with E-state index in [1.54, 1.807) is 6.20 Å². The van der Waals surface area contributed by atoms with E-state index in [9.17, 15) is 0 Å². The number of aromatic nitrogens is 2. The molecule has 124 valence electrons. The van der Waals surface area contributed by atoms with Crippen molar-refractivity contribution in [3.8, 4) is 0 Å². The summed E-state index contributed by atoms with van der Waals surface area (Å²) in [6.07, 6.45) is 2.23. The minimum atomic E-state index is 0.216. The average molecular weight is 324 g/mol. The Morgan fingerprint density at radius 1 is 1.08 bits per heavy atom. The Balaban J connectivity index is 1.49. The van der Waals surface area contributed by atoms with Crippen LogP contribution in [0.3, 0.4) is 0 Å². The Kier molecular flexibility index (Phi) is 3.82. The molecule has 1 aliphatic rings. The summed E-state index contributed by atoms with van der Waals surface area (Å²) in [5.41, 5.74) is 2.45. The lowest BCUT2D eigenvalue weighted by atomic mass is 10.2. The zero-order valence-corrected chi connectivity index (χ0v) is 13.8. The van der Waals surface area contributed by atoms with Gasteiger partial charge in [0, 0.05) is 13.1 Å². The maximum Gasteiger partial charge on any atom is 0.300 e. The van der Waals surface area contributed by atoms with E-state index in [1.165, 1.54) is 0 Å². The van der Waals surface area contributed by atoms with Gasteiger partial charge in [-0.2, -0.15) is 4.98 Å². The third-order valence-corrected chi connectivity index (χ3v) is 4.04. The lowest BCUT2D eigenvalue weighted by Crippen LogP contribution is -2.45. The molecule has 4 rings (SSSR count). The number of hydrogen-bond donors (Lipinski definition) is 1. The number of benzene rings is 1. The second kappa shape index (κ2) is 6.13. The van der Waals surface area contributed by atoms with E-state index in [1.807, 2.05) is 36.4 Å². The third kappa shape index (κ3) is 3.05. The number of nitrogens with zero attached hydrogens (tertiary/aromatic N) is 3. The molecule has 0 spiro atoms. The quantitative estimate of drug-likeness (QED) is 0.794. The van der Waals surface area contributed by atoms with E-state index < -0.39 is 0 Å². The van der Waals surface area contributed by atoms with Gasteiger partial charge in [-0.25, -0.2) is 4.98 Å². The maximum absolute atomic E-state index is 5.77. The SMILES string of the molecule is C[C@@H]1CN(c2ccc(Nc3nc4ccccc4o3)cn2)C[C@@H](C)O1. The lowest BCUT2D eigenvalue weighted by Gasteiger charge is -2.36. The standard InChI is InChI=1S/C18H20N4O2/c1-12-10-22(11-13(2)23-12)17-8-7-14(9-19-17)20-18-21-15-5-3-4-6-16(15)24-18/h3-9,12-13H,10-11H2,1-2H3,(H,20,21)/t12-,13-/m1/s1. The minimum absolute atomic E-state index is 0.216. The Morgan fingerprint density at radius 3 is 2.58 bits per heavy atom. The van der Waals surface area contributed by atoms with E-state index in [0.717, 1.165) is 35.7 Å². The molecule has 0 bridgehead atoms. The van der Waals surface area contributed by atoms with E-state index in [4.69, 9.17) is 9.15 Å². The van der Waals surface area contributed by atoms with E-state index in [2.05, 4.69) is 34.0 Å². The van der Waals surface area contributed by atoms with Crippen LogP contribution < -0.4 is 10.2 Å². The van der Waals surface area contributed by atoms with E-state index in [0.29, 0.717) is 6.01 Å². The summed E-state index contributed by atoms with van der Waals surface area (Å²) in [6.45, 7) is 5.89. The zero-order valence-electron chi connectivity index (χ0n) is 13.8. The van der Waals surface area contributed by atoms with Crippen molar-refractivity contribution < 1.29 is 9.15 Å². The van der Waals surface area contributed by atoms with Crippen LogP contribution >= 0.6 is 0 Å². The summed E-state index contributed by atoms with van der Waals surface area (Å²) in [5.74, 6) is 0.958. The Bertz CT molecular complexity index is 787. The summed E-state index contributed by atoms with van der Waals surface area (Å²) in [4.78, 5) is 11.2. The van der Waals surface area contributed by atoms with Crippen LogP contribution in [-0.4, -0.2) is 35.3 Å². The second-order valence-corrected chi connectivity index (χ2v) is 6.18. The van der Waals surface area contributed by atoms with Gasteiger partial charge < -0.3 is 19.4 Å². The predicted octanol–water partition coefficient (Wildman–Crippen LogP) is 3.58. The summed E-state index contributed by atoms with van der Waals surface area (Å²) in [6, 6.07) is 12.2. The maximum atomic E-state index is 5.77. The number of para-hydroxylation sites is 2. The molecule has 6 heteroatoms. The predicted molar refractivity (Wildman–Crippen MR) is 93.8 cm³/mol. The number of oxazole rings is 1. The van der Waals surface area contributed by atoms with Crippen molar-refractivity contribution in [2.45, 2.75) is 26.1 Å². The Morgan fingerprint density at radius 2 is 1.88 bits per heavy atom. The molecule has 2 atom stereocenters. The van der Waals surface area contributed by atoms with Crippen LogP contribution in [0, 0.1) is 0 Å². The van der Waals surface area contributed by atoms with Crippen LogP contribution in [0.15, 0.2) is 47.0 Å². The molecule has 0 saturated carbocycles. The normalized spacial score (nSPS) is 21.2. The first-order valence-electron chi connectivity index (χ1n) is 8.16. The molecule has 3 aromatic rings. The number of nitrogens with one attached hydrogen (secondary N) is 1. The second-order valence-electron chi connectivity index (χ2n) is 6.18. The Hall–Kier alpha value is -2.60. The Labute approximate surface area is 140 Å². The highest BCUT2D eigenvalue weighted by atomic mass is 16.5. The van der Waals surface area contributed by atoms with Crippen molar-refractivity contribution in [3.63, 3.8) is 0 Å². The van der Waals surface area contributed by atoms with Crippen LogP contribution in [-0.2, 0) is 4.74 Å². The highest BCUT2D eigenvalue weighted by Crippen LogP contribution is 2.23. The molecule has 0 radical (unpaired) electrons. The van der Waals surface area contributed by atoms with Gasteiger partial charge >= 0.3 is 0 Å². The van der Waals surface area contributed by atoms with Crippen molar-refractivity contribution in [1.29, 1.82) is 0 Å². The molecule has 0 amide bonds. The molecular weight excluding hydrogens is 304 g/mol. The molecular formula is C18H20N4O2. The lowest BCUT2D eigenvalue weighted by molar-refractivity contribution is -0.00545. The molecule has 24 heavy (non-hydrogen) atoms. The number of fused-ring (bicyclic) bond motifs is 1. The molecule has 0 aliphatic carbocycles. The topological polar surface area (TPSA) is 63.4 Å². The molecule has 1 aliphatic heterocycles. The van der Waals surface area contributed by atoms with Crippen LogP contribution in [0.25, 0.3) is 11.1 Å². The van der Waals surface area contributed by atoms with Gasteiger partial charge in [-0.05, 0) is 38.1 Å². The van der Waals surface area contributed by atoms with Gasteiger partial charge in [0.15, 0.2) is 5.58 Å². The van der Waals surface area contributed by atoms with Gasteiger partial charge in [0.1, 0.15) is 11.3 Å². The monoisotopic (exact) mass is 324 g/mol.